The molecular weight excluding hydrogens is 630 g/mol. The Morgan fingerprint density at radius 1 is 0.871 bits per heavy atom. The molecule has 1 atom stereocenters. The van der Waals surface area contributed by atoms with Crippen LogP contribution in [0.15, 0.2) is 100 Å². The monoisotopic (exact) mass is 653 g/mol. The summed E-state index contributed by atoms with van der Waals surface area (Å²) in [6, 6.07) is 25.1. The Balaban J connectivity index is 1.64. The first-order chi connectivity index (χ1) is 15.0. The minimum atomic E-state index is -0.498. The molecule has 3 aromatic rings. The first-order valence-electron chi connectivity index (χ1n) is 10.2. The quantitative estimate of drug-likeness (QED) is 0.118. The first kappa shape index (κ1) is 22.9. The van der Waals surface area contributed by atoms with Crippen LogP contribution in [0.4, 0.5) is 0 Å². The SMILES string of the molecule is C=CC1(OC(=O)c2ccc([S+](c3ccccc3)c3ccc(I)c(I)c3)cc2)CCCC1. The van der Waals surface area contributed by atoms with Gasteiger partial charge in [-0.25, -0.2) is 4.79 Å². The third kappa shape index (κ3) is 5.20. The van der Waals surface area contributed by atoms with Gasteiger partial charge in [0.2, 0.25) is 0 Å². The summed E-state index contributed by atoms with van der Waals surface area (Å²) in [5, 5.41) is 0. The molecule has 0 aliphatic heterocycles. The van der Waals surface area contributed by atoms with E-state index in [0.29, 0.717) is 5.56 Å². The highest BCUT2D eigenvalue weighted by atomic mass is 127. The van der Waals surface area contributed by atoms with Gasteiger partial charge in [0.15, 0.2) is 14.7 Å². The average molecular weight is 653 g/mol. The molecule has 158 valence electrons. The van der Waals surface area contributed by atoms with Crippen LogP contribution in [0.5, 0.6) is 0 Å². The van der Waals surface area contributed by atoms with Gasteiger partial charge < -0.3 is 4.74 Å². The molecule has 1 saturated carbocycles. The van der Waals surface area contributed by atoms with Gasteiger partial charge in [0.25, 0.3) is 0 Å². The van der Waals surface area contributed by atoms with E-state index < -0.39 is 5.60 Å². The summed E-state index contributed by atoms with van der Waals surface area (Å²) < 4.78 is 8.37. The van der Waals surface area contributed by atoms with Crippen LogP contribution in [-0.2, 0) is 15.6 Å². The molecule has 0 spiro atoms. The Kier molecular flexibility index (Phi) is 7.44. The van der Waals surface area contributed by atoms with Crippen LogP contribution in [-0.4, -0.2) is 11.6 Å². The van der Waals surface area contributed by atoms with Gasteiger partial charge in [0.05, 0.1) is 16.5 Å². The van der Waals surface area contributed by atoms with E-state index in [2.05, 4.69) is 106 Å². The lowest BCUT2D eigenvalue weighted by atomic mass is 10.0. The van der Waals surface area contributed by atoms with Crippen molar-refractivity contribution in [2.75, 3.05) is 0 Å². The van der Waals surface area contributed by atoms with Crippen molar-refractivity contribution in [3.63, 3.8) is 0 Å². The molecule has 0 heterocycles. The van der Waals surface area contributed by atoms with Crippen LogP contribution in [0.1, 0.15) is 36.0 Å². The fraction of sp³-hybridized carbons (Fsp3) is 0.192. The molecule has 1 aliphatic rings. The third-order valence-electron chi connectivity index (χ3n) is 5.55. The van der Waals surface area contributed by atoms with Gasteiger partial charge in [0.1, 0.15) is 5.60 Å². The highest BCUT2D eigenvalue weighted by Crippen LogP contribution is 2.36. The maximum atomic E-state index is 12.8. The molecule has 0 radical (unpaired) electrons. The van der Waals surface area contributed by atoms with E-state index in [4.69, 9.17) is 4.74 Å². The van der Waals surface area contributed by atoms with Crippen molar-refractivity contribution in [3.05, 3.63) is 98.2 Å². The molecule has 31 heavy (non-hydrogen) atoms. The summed E-state index contributed by atoms with van der Waals surface area (Å²) in [5.41, 5.74) is 0.0905. The summed E-state index contributed by atoms with van der Waals surface area (Å²) in [5.74, 6) is -0.267. The molecule has 1 unspecified atom stereocenters. The minimum Gasteiger partial charge on any atom is -0.451 e. The van der Waals surface area contributed by atoms with Crippen LogP contribution in [0.25, 0.3) is 0 Å². The molecule has 1 fully saturated rings. The molecule has 3 aromatic carbocycles. The van der Waals surface area contributed by atoms with E-state index in [1.165, 1.54) is 21.8 Å². The van der Waals surface area contributed by atoms with Crippen molar-refractivity contribution in [1.29, 1.82) is 0 Å². The lowest BCUT2D eigenvalue weighted by Gasteiger charge is -2.25. The van der Waals surface area contributed by atoms with Gasteiger partial charge in [-0.15, -0.1) is 0 Å². The highest BCUT2D eigenvalue weighted by Gasteiger charge is 2.35. The van der Waals surface area contributed by atoms with E-state index in [1.807, 2.05) is 18.2 Å². The van der Waals surface area contributed by atoms with Gasteiger partial charge in [-0.05, 0) is 125 Å². The Morgan fingerprint density at radius 2 is 1.48 bits per heavy atom. The smallest absolute Gasteiger partial charge is 0.338 e. The number of carbonyl (C=O) groups is 1. The number of halogens is 2. The predicted octanol–water partition coefficient (Wildman–Crippen LogP) is 7.65. The number of esters is 1. The van der Waals surface area contributed by atoms with E-state index in [-0.39, 0.29) is 16.9 Å². The second-order valence-corrected chi connectivity index (χ2v) is 11.9. The summed E-state index contributed by atoms with van der Waals surface area (Å²) >= 11 is 4.76. The molecule has 0 saturated heterocycles. The van der Waals surface area contributed by atoms with Crippen molar-refractivity contribution in [2.45, 2.75) is 46.0 Å². The van der Waals surface area contributed by atoms with Crippen molar-refractivity contribution in [1.82, 2.24) is 0 Å². The summed E-state index contributed by atoms with van der Waals surface area (Å²) in [6.45, 7) is 3.90. The number of ether oxygens (including phenoxy) is 1. The van der Waals surface area contributed by atoms with Crippen LogP contribution in [0.3, 0.4) is 0 Å². The number of hydrogen-bond acceptors (Lipinski definition) is 2. The third-order valence-corrected chi connectivity index (χ3v) is 10.6. The standard InChI is InChI=1S/C26H23I2O2S/c1-2-26(16-6-7-17-26)30-25(29)19-10-12-21(13-11-19)31(20-8-4-3-5-9-20)22-14-15-23(27)24(28)18-22/h2-5,8-15,18H,1,6-7,16-17H2/q+1. The lowest BCUT2D eigenvalue weighted by molar-refractivity contribution is 0.00669. The fourth-order valence-electron chi connectivity index (χ4n) is 3.86. The number of benzene rings is 3. The van der Waals surface area contributed by atoms with Gasteiger partial charge in [-0.3, -0.25) is 0 Å². The van der Waals surface area contributed by atoms with Gasteiger partial charge in [0, 0.05) is 13.2 Å². The fourth-order valence-corrected chi connectivity index (χ4v) is 7.02. The van der Waals surface area contributed by atoms with Crippen LogP contribution >= 0.6 is 45.2 Å². The van der Waals surface area contributed by atoms with E-state index in [9.17, 15) is 4.79 Å². The van der Waals surface area contributed by atoms with Crippen LogP contribution < -0.4 is 0 Å². The molecule has 0 bridgehead atoms. The molecule has 0 N–H and O–H groups in total. The van der Waals surface area contributed by atoms with Crippen LogP contribution in [0.2, 0.25) is 0 Å². The molecular formula is C26H23I2O2S+. The zero-order chi connectivity index (χ0) is 21.8. The Bertz CT molecular complexity index is 1070. The maximum absolute atomic E-state index is 12.8. The Hall–Kier alpha value is -1.32. The van der Waals surface area contributed by atoms with Crippen molar-refractivity contribution < 1.29 is 9.53 Å². The molecule has 1 aliphatic carbocycles. The summed E-state index contributed by atoms with van der Waals surface area (Å²) in [6.07, 6.45) is 5.68. The summed E-state index contributed by atoms with van der Waals surface area (Å²) in [7, 11) is -0.245. The minimum absolute atomic E-state index is 0.245. The predicted molar refractivity (Wildman–Crippen MR) is 144 cm³/mol. The van der Waals surface area contributed by atoms with Gasteiger partial charge in [-0.1, -0.05) is 24.8 Å². The average Bonchev–Trinajstić information content (AvgIpc) is 3.26. The lowest BCUT2D eigenvalue weighted by Crippen LogP contribution is -2.29. The molecule has 5 heteroatoms. The highest BCUT2D eigenvalue weighted by molar-refractivity contribution is 14.1. The van der Waals surface area contributed by atoms with Crippen molar-refractivity contribution in [3.8, 4) is 0 Å². The summed E-state index contributed by atoms with van der Waals surface area (Å²) in [4.78, 5) is 16.5. The molecule has 0 amide bonds. The zero-order valence-electron chi connectivity index (χ0n) is 17.0. The largest absolute Gasteiger partial charge is 0.451 e. The van der Waals surface area contributed by atoms with E-state index in [1.54, 1.807) is 6.08 Å². The zero-order valence-corrected chi connectivity index (χ0v) is 22.2. The maximum Gasteiger partial charge on any atom is 0.338 e. The molecule has 0 aromatic heterocycles. The second-order valence-electron chi connectivity index (χ2n) is 7.59. The first-order valence-corrected chi connectivity index (χ1v) is 13.6. The van der Waals surface area contributed by atoms with E-state index >= 15 is 0 Å². The number of rotatable bonds is 6. The Morgan fingerprint density at radius 3 is 2.10 bits per heavy atom. The topological polar surface area (TPSA) is 26.3 Å². The van der Waals surface area contributed by atoms with Crippen molar-refractivity contribution >= 4 is 62.0 Å². The number of carbonyl (C=O) groups excluding carboxylic acids is 1. The van der Waals surface area contributed by atoms with Gasteiger partial charge in [-0.2, -0.15) is 0 Å². The molecule has 4 rings (SSSR count). The Labute approximate surface area is 214 Å². The van der Waals surface area contributed by atoms with Gasteiger partial charge >= 0.3 is 5.97 Å². The molecule has 2 nitrogen and oxygen atoms in total. The van der Waals surface area contributed by atoms with E-state index in [0.717, 1.165) is 25.7 Å². The second kappa shape index (κ2) is 10.1. The normalized spacial score (nSPS) is 15.9. The van der Waals surface area contributed by atoms with Crippen LogP contribution in [0, 0.1) is 7.14 Å². The van der Waals surface area contributed by atoms with Crippen molar-refractivity contribution in [2.24, 2.45) is 0 Å². The number of hydrogen-bond donors (Lipinski definition) is 0.